The van der Waals surface area contributed by atoms with Crippen LogP contribution in [-0.4, -0.2) is 27.6 Å². The largest absolute Gasteiger partial charge is 0.507 e. The third-order valence-corrected chi connectivity index (χ3v) is 15.4. The number of fused-ring (bicyclic) bond motifs is 2. The van der Waals surface area contributed by atoms with Gasteiger partial charge in [-0.05, 0) is 136 Å². The van der Waals surface area contributed by atoms with Crippen LogP contribution in [-0.2, 0) is 22.0 Å². The normalized spacial score (nSPS) is 13.9. The van der Waals surface area contributed by atoms with Gasteiger partial charge in [-0.3, -0.25) is 14.4 Å². The summed E-state index contributed by atoms with van der Waals surface area (Å²) in [5.74, 6) is -1.35. The number of halogens is 4. The summed E-state index contributed by atoms with van der Waals surface area (Å²) in [5.41, 5.74) is 4.58. The standard InChI is InChI=1S/C35H32I4N2O4/c1-34(2,3)18-14-16(15-19(31(18)43)35(4,5)6)10-13-22(42)40-21-9-7-8-17-11-12-20(41-30(17)21)23-32(44)24-25(33(23)45)27(37)29(39)28(38)26(24)36/h7-9,11-12,14-15,23,43H,10,13H2,1-6H3,(H,40,42). The quantitative estimate of drug-likeness (QED) is 0.0899. The molecule has 0 unspecified atom stereocenters. The first-order chi connectivity index (χ1) is 20.9. The van der Waals surface area contributed by atoms with Crippen molar-refractivity contribution in [2.24, 2.45) is 0 Å². The Morgan fingerprint density at radius 2 is 1.36 bits per heavy atom. The lowest BCUT2D eigenvalue weighted by molar-refractivity contribution is -0.116. The minimum absolute atomic E-state index is 0.175. The van der Waals surface area contributed by atoms with Crippen LogP contribution in [0.25, 0.3) is 10.9 Å². The number of hydrogen-bond acceptors (Lipinski definition) is 5. The fourth-order valence-corrected chi connectivity index (χ4v) is 9.37. The number of para-hydroxylation sites is 1. The van der Waals surface area contributed by atoms with Gasteiger partial charge >= 0.3 is 0 Å². The number of aromatic hydroxyl groups is 1. The summed E-state index contributed by atoms with van der Waals surface area (Å²) in [6.45, 7) is 12.4. The molecule has 0 spiro atoms. The van der Waals surface area contributed by atoms with Crippen molar-refractivity contribution in [3.63, 3.8) is 0 Å². The molecule has 45 heavy (non-hydrogen) atoms. The first-order valence-corrected chi connectivity index (χ1v) is 18.7. The van der Waals surface area contributed by atoms with Gasteiger partial charge in [0.05, 0.1) is 16.9 Å². The fraction of sp³-hybridized carbons (Fsp3) is 0.314. The number of rotatable bonds is 5. The lowest BCUT2D eigenvalue weighted by Gasteiger charge is -2.28. The molecule has 1 heterocycles. The molecule has 0 fully saturated rings. The number of amides is 1. The van der Waals surface area contributed by atoms with E-state index in [4.69, 9.17) is 4.98 Å². The van der Waals surface area contributed by atoms with Crippen molar-refractivity contribution in [2.45, 2.75) is 71.1 Å². The number of phenols is 1. The van der Waals surface area contributed by atoms with Crippen molar-refractivity contribution < 1.29 is 19.5 Å². The Hall–Kier alpha value is -1.40. The van der Waals surface area contributed by atoms with Gasteiger partial charge in [-0.15, -0.1) is 0 Å². The van der Waals surface area contributed by atoms with Crippen LogP contribution in [0.5, 0.6) is 5.75 Å². The molecule has 3 aromatic carbocycles. The number of ketones is 2. The van der Waals surface area contributed by atoms with Gasteiger partial charge in [0.15, 0.2) is 11.6 Å². The van der Waals surface area contributed by atoms with Crippen LogP contribution >= 0.6 is 90.4 Å². The third-order valence-electron chi connectivity index (χ3n) is 8.02. The van der Waals surface area contributed by atoms with Crippen LogP contribution in [0.3, 0.4) is 0 Å². The molecule has 0 aliphatic heterocycles. The molecule has 1 amide bonds. The van der Waals surface area contributed by atoms with Crippen LogP contribution in [0.2, 0.25) is 0 Å². The maximum atomic E-state index is 13.7. The van der Waals surface area contributed by atoms with E-state index in [1.807, 2.05) is 30.3 Å². The predicted octanol–water partition coefficient (Wildman–Crippen LogP) is 9.69. The van der Waals surface area contributed by atoms with E-state index in [9.17, 15) is 19.5 Å². The second-order valence-corrected chi connectivity index (χ2v) is 17.7. The first kappa shape index (κ1) is 34.9. The number of nitrogens with zero attached hydrogens (tertiary/aromatic N) is 1. The number of carbonyl (C=O) groups excluding carboxylic acids is 3. The topological polar surface area (TPSA) is 96.4 Å². The van der Waals surface area contributed by atoms with E-state index in [-0.39, 0.29) is 34.7 Å². The van der Waals surface area contributed by atoms with Crippen LogP contribution in [0.15, 0.2) is 42.5 Å². The minimum atomic E-state index is -1.02. The number of hydrogen-bond donors (Lipinski definition) is 2. The lowest BCUT2D eigenvalue weighted by atomic mass is 9.78. The highest BCUT2D eigenvalue weighted by atomic mass is 127. The molecule has 2 N–H and O–H groups in total. The van der Waals surface area contributed by atoms with Crippen LogP contribution in [0, 0.1) is 14.3 Å². The molecular formula is C35H32I4N2O4. The molecule has 0 saturated heterocycles. The van der Waals surface area contributed by atoms with Gasteiger partial charge in [-0.2, -0.15) is 0 Å². The van der Waals surface area contributed by atoms with Crippen LogP contribution in [0.4, 0.5) is 5.69 Å². The second kappa shape index (κ2) is 12.9. The fourth-order valence-electron chi connectivity index (χ4n) is 5.65. The van der Waals surface area contributed by atoms with Crippen LogP contribution < -0.4 is 5.32 Å². The molecule has 234 valence electrons. The van der Waals surface area contributed by atoms with Crippen molar-refractivity contribution in [1.82, 2.24) is 4.98 Å². The predicted molar refractivity (Wildman–Crippen MR) is 213 cm³/mol. The SMILES string of the molecule is CC(C)(C)c1cc(CCC(=O)Nc2cccc3ccc(C4C(=O)c5c(I)c(I)c(I)c(I)c5C4=O)nc23)cc(C(C)(C)C)c1O. The van der Waals surface area contributed by atoms with E-state index < -0.39 is 5.92 Å². The molecule has 1 aliphatic rings. The van der Waals surface area contributed by atoms with Crippen molar-refractivity contribution >= 4 is 124 Å². The number of aryl methyl sites for hydroxylation is 1. The summed E-state index contributed by atoms with van der Waals surface area (Å²) in [6.07, 6.45) is 0.733. The van der Waals surface area contributed by atoms with E-state index in [2.05, 4.69) is 137 Å². The third kappa shape index (κ3) is 6.67. The number of aromatic nitrogens is 1. The Kier molecular flexibility index (Phi) is 10.0. The minimum Gasteiger partial charge on any atom is -0.507 e. The Labute approximate surface area is 317 Å². The highest BCUT2D eigenvalue weighted by Gasteiger charge is 2.44. The van der Waals surface area contributed by atoms with Crippen molar-refractivity contribution in [2.75, 3.05) is 5.32 Å². The smallest absolute Gasteiger partial charge is 0.224 e. The zero-order valence-electron chi connectivity index (χ0n) is 25.7. The summed E-state index contributed by atoms with van der Waals surface area (Å²) >= 11 is 8.76. The van der Waals surface area contributed by atoms with Gasteiger partial charge in [0.2, 0.25) is 5.91 Å². The maximum absolute atomic E-state index is 13.7. The summed E-state index contributed by atoms with van der Waals surface area (Å²) in [7, 11) is 0. The average Bonchev–Trinajstić information content (AvgIpc) is 3.22. The van der Waals surface area contributed by atoms with E-state index in [0.717, 1.165) is 36.4 Å². The molecule has 0 atom stereocenters. The molecule has 0 saturated carbocycles. The first-order valence-electron chi connectivity index (χ1n) is 14.4. The number of nitrogens with one attached hydrogen (secondary N) is 1. The van der Waals surface area contributed by atoms with Gasteiger partial charge in [0.25, 0.3) is 0 Å². The Morgan fingerprint density at radius 3 is 1.87 bits per heavy atom. The zero-order valence-corrected chi connectivity index (χ0v) is 34.3. The van der Waals surface area contributed by atoms with Crippen molar-refractivity contribution in [3.05, 3.63) is 90.3 Å². The average molecular weight is 1050 g/mol. The molecule has 4 aromatic rings. The molecule has 5 rings (SSSR count). The van der Waals surface area contributed by atoms with E-state index in [1.165, 1.54) is 0 Å². The highest BCUT2D eigenvalue weighted by Crippen LogP contribution is 2.43. The Balaban J connectivity index is 1.43. The monoisotopic (exact) mass is 1050 g/mol. The zero-order chi connectivity index (χ0) is 33.2. The number of carbonyl (C=O) groups is 3. The van der Waals surface area contributed by atoms with E-state index >= 15 is 0 Å². The number of benzene rings is 3. The molecule has 0 bridgehead atoms. The van der Waals surface area contributed by atoms with E-state index in [1.54, 1.807) is 12.1 Å². The highest BCUT2D eigenvalue weighted by molar-refractivity contribution is 14.1. The number of phenolic OH excluding ortho intramolecular Hbond substituents is 1. The summed E-state index contributed by atoms with van der Waals surface area (Å²) in [5, 5.41) is 14.9. The van der Waals surface area contributed by atoms with Gasteiger partial charge in [0.1, 0.15) is 11.7 Å². The van der Waals surface area contributed by atoms with E-state index in [0.29, 0.717) is 40.2 Å². The molecule has 0 radical (unpaired) electrons. The summed E-state index contributed by atoms with van der Waals surface area (Å²) < 4.78 is 3.51. The van der Waals surface area contributed by atoms with Crippen LogP contribution in [0.1, 0.15) is 97.0 Å². The Morgan fingerprint density at radius 1 is 0.822 bits per heavy atom. The van der Waals surface area contributed by atoms with Crippen molar-refractivity contribution in [1.29, 1.82) is 0 Å². The number of anilines is 1. The number of Topliss-reactive ketones (excluding diaryl/α,β-unsaturated/α-hetero) is 2. The second-order valence-electron chi connectivity index (χ2n) is 13.4. The molecule has 10 heteroatoms. The summed E-state index contributed by atoms with van der Waals surface area (Å²) in [6, 6.07) is 13.1. The molecule has 6 nitrogen and oxygen atoms in total. The van der Waals surface area contributed by atoms with Gasteiger partial charge in [0, 0.05) is 37.2 Å². The molecular weight excluding hydrogens is 1020 g/mol. The summed E-state index contributed by atoms with van der Waals surface area (Å²) in [4.78, 5) is 45.5. The van der Waals surface area contributed by atoms with Crippen molar-refractivity contribution in [3.8, 4) is 5.75 Å². The maximum Gasteiger partial charge on any atom is 0.224 e. The lowest BCUT2D eigenvalue weighted by Crippen LogP contribution is -2.18. The molecule has 1 aliphatic carbocycles. The van der Waals surface area contributed by atoms with Gasteiger partial charge in [-0.1, -0.05) is 71.9 Å². The Bertz CT molecular complexity index is 1840. The molecule has 1 aromatic heterocycles. The van der Waals surface area contributed by atoms with Gasteiger partial charge in [-0.25, -0.2) is 4.98 Å². The van der Waals surface area contributed by atoms with Gasteiger partial charge < -0.3 is 10.4 Å². The number of pyridine rings is 1.